The number of hydrogen-bond donors (Lipinski definition) is 3. The summed E-state index contributed by atoms with van der Waals surface area (Å²) in [5.74, 6) is -0.419. The average molecular weight is 437 g/mol. The number of rotatable bonds is 20. The second-order valence-corrected chi connectivity index (χ2v) is 8.70. The summed E-state index contributed by atoms with van der Waals surface area (Å²) in [5.41, 5.74) is 0. The van der Waals surface area contributed by atoms with Crippen LogP contribution in [0.3, 0.4) is 0 Å². The highest BCUT2D eigenvalue weighted by Gasteiger charge is 2.17. The number of unbranched alkanes of at least 4 members (excludes halogenated alkanes) is 11. The molecule has 0 saturated carbocycles. The van der Waals surface area contributed by atoms with E-state index in [1.165, 1.54) is 51.4 Å². The van der Waals surface area contributed by atoms with Crippen LogP contribution in [-0.4, -0.2) is 40.2 Å². The van der Waals surface area contributed by atoms with Crippen LogP contribution in [-0.2, 0) is 18.6 Å². The molecule has 0 heterocycles. The van der Waals surface area contributed by atoms with Crippen molar-refractivity contribution in [3.05, 3.63) is 12.2 Å². The summed E-state index contributed by atoms with van der Waals surface area (Å²) in [6.07, 6.45) is 19.0. The summed E-state index contributed by atoms with van der Waals surface area (Å²) in [7, 11) is -4.62. The Morgan fingerprint density at radius 1 is 0.862 bits per heavy atom. The molecule has 0 fully saturated rings. The maximum Gasteiger partial charge on any atom is 0.469 e. The molecular formula is C21H41O7P. The minimum Gasteiger partial charge on any atom is -0.463 e. The van der Waals surface area contributed by atoms with E-state index >= 15 is 0 Å². The zero-order valence-corrected chi connectivity index (χ0v) is 18.9. The molecule has 0 bridgehead atoms. The van der Waals surface area contributed by atoms with Crippen LogP contribution in [0.1, 0.15) is 96.8 Å². The molecule has 1 atom stereocenters. The molecule has 0 spiro atoms. The van der Waals surface area contributed by atoms with Crippen LogP contribution in [0.2, 0.25) is 0 Å². The van der Waals surface area contributed by atoms with E-state index in [0.717, 1.165) is 32.1 Å². The van der Waals surface area contributed by atoms with Gasteiger partial charge in [0.2, 0.25) is 0 Å². The summed E-state index contributed by atoms with van der Waals surface area (Å²) in [6.45, 7) is 1.33. The maximum absolute atomic E-state index is 11.5. The summed E-state index contributed by atoms with van der Waals surface area (Å²) < 4.78 is 19.5. The quantitative estimate of drug-likeness (QED) is 0.106. The van der Waals surface area contributed by atoms with E-state index in [4.69, 9.17) is 14.5 Å². The number of phosphoric ester groups is 1. The summed E-state index contributed by atoms with van der Waals surface area (Å²) in [6, 6.07) is 0. The lowest BCUT2D eigenvalue weighted by Crippen LogP contribution is -2.23. The Kier molecular flexibility index (Phi) is 18.8. The third-order valence-corrected chi connectivity index (χ3v) is 5.00. The number of esters is 1. The Balaban J connectivity index is 3.38. The largest absolute Gasteiger partial charge is 0.469 e. The van der Waals surface area contributed by atoms with Crippen molar-refractivity contribution < 1.29 is 33.5 Å². The molecule has 3 N–H and O–H groups in total. The number of carbonyl (C=O) groups excluding carboxylic acids is 1. The fourth-order valence-electron chi connectivity index (χ4n) is 2.83. The van der Waals surface area contributed by atoms with Crippen LogP contribution < -0.4 is 0 Å². The first kappa shape index (κ1) is 28.3. The zero-order chi connectivity index (χ0) is 21.8. The van der Waals surface area contributed by atoms with Crippen molar-refractivity contribution in [2.45, 2.75) is 103 Å². The molecule has 0 aromatic carbocycles. The highest BCUT2D eigenvalue weighted by molar-refractivity contribution is 7.46. The monoisotopic (exact) mass is 436 g/mol. The van der Waals surface area contributed by atoms with Gasteiger partial charge in [0.05, 0.1) is 6.61 Å². The third-order valence-electron chi connectivity index (χ3n) is 4.51. The molecule has 0 unspecified atom stereocenters. The number of allylic oxidation sites excluding steroid dienone is 2. The highest BCUT2D eigenvalue weighted by Crippen LogP contribution is 2.35. The van der Waals surface area contributed by atoms with Gasteiger partial charge < -0.3 is 19.6 Å². The van der Waals surface area contributed by atoms with Crippen LogP contribution in [0, 0.1) is 0 Å². The van der Waals surface area contributed by atoms with Gasteiger partial charge in [-0.3, -0.25) is 9.32 Å². The van der Waals surface area contributed by atoms with Crippen molar-refractivity contribution in [3.63, 3.8) is 0 Å². The van der Waals surface area contributed by atoms with Gasteiger partial charge in [-0.25, -0.2) is 4.57 Å². The lowest BCUT2D eigenvalue weighted by molar-refractivity contribution is -0.147. The van der Waals surface area contributed by atoms with Gasteiger partial charge in [-0.2, -0.15) is 0 Å². The van der Waals surface area contributed by atoms with Crippen molar-refractivity contribution in [1.29, 1.82) is 0 Å². The molecule has 0 aliphatic carbocycles. The minimum absolute atomic E-state index is 0.282. The molecule has 172 valence electrons. The molecule has 0 saturated heterocycles. The van der Waals surface area contributed by atoms with Crippen molar-refractivity contribution in [3.8, 4) is 0 Å². The van der Waals surface area contributed by atoms with Crippen molar-refractivity contribution >= 4 is 13.8 Å². The van der Waals surface area contributed by atoms with Crippen molar-refractivity contribution in [2.24, 2.45) is 0 Å². The molecule has 0 amide bonds. The van der Waals surface area contributed by atoms with E-state index in [2.05, 4.69) is 23.6 Å². The van der Waals surface area contributed by atoms with Crippen molar-refractivity contribution in [1.82, 2.24) is 0 Å². The van der Waals surface area contributed by atoms with Crippen LogP contribution in [0.5, 0.6) is 0 Å². The second-order valence-electron chi connectivity index (χ2n) is 7.46. The molecule has 0 aromatic rings. The summed E-state index contributed by atoms with van der Waals surface area (Å²) >= 11 is 0. The van der Waals surface area contributed by atoms with E-state index in [1.807, 2.05) is 0 Å². The van der Waals surface area contributed by atoms with Gasteiger partial charge in [0.15, 0.2) is 0 Å². The number of carbonyl (C=O) groups is 1. The van der Waals surface area contributed by atoms with Gasteiger partial charge in [-0.1, -0.05) is 70.4 Å². The first-order valence-corrected chi connectivity index (χ1v) is 12.6. The lowest BCUT2D eigenvalue weighted by atomic mass is 10.1. The fraction of sp³-hybridized carbons (Fsp3) is 0.857. The Bertz CT molecular complexity index is 462. The molecule has 7 nitrogen and oxygen atoms in total. The van der Waals surface area contributed by atoms with E-state index in [1.54, 1.807) is 0 Å². The molecular weight excluding hydrogens is 395 g/mol. The van der Waals surface area contributed by atoms with Gasteiger partial charge in [-0.15, -0.1) is 0 Å². The van der Waals surface area contributed by atoms with Crippen LogP contribution in [0.25, 0.3) is 0 Å². The molecule has 0 aliphatic heterocycles. The van der Waals surface area contributed by atoms with Crippen LogP contribution in [0.4, 0.5) is 0 Å². The third kappa shape index (κ3) is 23.4. The molecule has 29 heavy (non-hydrogen) atoms. The van der Waals surface area contributed by atoms with Crippen LogP contribution >= 0.6 is 7.82 Å². The zero-order valence-electron chi connectivity index (χ0n) is 18.0. The topological polar surface area (TPSA) is 113 Å². The molecule has 8 heteroatoms. The maximum atomic E-state index is 11.5. The Hall–Kier alpha value is -0.720. The Morgan fingerprint density at radius 3 is 1.93 bits per heavy atom. The summed E-state index contributed by atoms with van der Waals surface area (Å²) in [5, 5.41) is 9.41. The Morgan fingerprint density at radius 2 is 1.38 bits per heavy atom. The second kappa shape index (κ2) is 19.3. The number of phosphoric acid groups is 1. The fourth-order valence-corrected chi connectivity index (χ4v) is 3.20. The van der Waals surface area contributed by atoms with Gasteiger partial charge in [0.25, 0.3) is 0 Å². The first-order chi connectivity index (χ1) is 13.8. The van der Waals surface area contributed by atoms with E-state index in [9.17, 15) is 14.5 Å². The molecule has 0 radical (unpaired) electrons. The van der Waals surface area contributed by atoms with Gasteiger partial charge in [0, 0.05) is 6.42 Å². The molecule has 0 aromatic heterocycles. The predicted molar refractivity (Wildman–Crippen MR) is 114 cm³/mol. The lowest BCUT2D eigenvalue weighted by Gasteiger charge is -2.12. The van der Waals surface area contributed by atoms with Gasteiger partial charge >= 0.3 is 13.8 Å². The summed E-state index contributed by atoms with van der Waals surface area (Å²) in [4.78, 5) is 28.6. The normalized spacial score (nSPS) is 13.1. The van der Waals surface area contributed by atoms with E-state index < -0.39 is 26.5 Å². The van der Waals surface area contributed by atoms with E-state index in [0.29, 0.717) is 0 Å². The van der Waals surface area contributed by atoms with E-state index in [-0.39, 0.29) is 13.0 Å². The first-order valence-electron chi connectivity index (χ1n) is 11.0. The highest BCUT2D eigenvalue weighted by atomic mass is 31.2. The molecule has 0 aliphatic rings. The number of aliphatic hydroxyl groups is 1. The van der Waals surface area contributed by atoms with Gasteiger partial charge in [-0.05, 0) is 32.1 Å². The Labute approximate surface area is 176 Å². The smallest absolute Gasteiger partial charge is 0.463 e. The predicted octanol–water partition coefficient (Wildman–Crippen LogP) is 5.04. The number of aliphatic hydroxyl groups excluding tert-OH is 1. The molecule has 0 rings (SSSR count). The van der Waals surface area contributed by atoms with Gasteiger partial charge in [0.1, 0.15) is 12.7 Å². The van der Waals surface area contributed by atoms with Crippen molar-refractivity contribution in [2.75, 3.05) is 13.2 Å². The average Bonchev–Trinajstić information content (AvgIpc) is 2.67. The standard InChI is InChI=1S/C21H41O7P/c1-2-3-4-5-6-7-8-9-10-11-12-13-14-15-16-17-21(23)27-18-20(22)19-28-29(24,25)26/h9-10,20,22H,2-8,11-19H2,1H3,(H2,24,25,26)/b10-9+/t20-/m1/s1. The SMILES string of the molecule is CCCCCCCC/C=C/CCCCCCCC(=O)OC[C@@H](O)COP(=O)(O)O. The van der Waals surface area contributed by atoms with Crippen LogP contribution in [0.15, 0.2) is 12.2 Å². The number of hydrogen-bond acceptors (Lipinski definition) is 5. The minimum atomic E-state index is -4.62. The number of ether oxygens (including phenoxy) is 1.